The maximum Gasteiger partial charge on any atom is 0.274 e. The number of hydrogen-bond acceptors (Lipinski definition) is 5. The number of benzene rings is 1. The SMILES string of the molecule is O=C1NC(=NCCCn2ccnc2)N/C1=C\c1ccc2ncsc2c1. The molecule has 2 aromatic heterocycles. The molecule has 0 spiro atoms. The van der Waals surface area contributed by atoms with Gasteiger partial charge in [-0.15, -0.1) is 11.3 Å². The van der Waals surface area contributed by atoms with Crippen LogP contribution in [0.15, 0.2) is 53.1 Å². The number of aryl methyl sites for hydroxylation is 1. The van der Waals surface area contributed by atoms with E-state index in [-0.39, 0.29) is 5.91 Å². The van der Waals surface area contributed by atoms with Gasteiger partial charge in [-0.1, -0.05) is 6.07 Å². The highest BCUT2D eigenvalue weighted by Crippen LogP contribution is 2.20. The van der Waals surface area contributed by atoms with Gasteiger partial charge in [0.25, 0.3) is 5.91 Å². The van der Waals surface area contributed by atoms with Gasteiger partial charge in [-0.2, -0.15) is 0 Å². The Morgan fingerprint density at radius 3 is 3.16 bits per heavy atom. The highest BCUT2D eigenvalue weighted by atomic mass is 32.1. The Bertz CT molecular complexity index is 957. The quantitative estimate of drug-likeness (QED) is 0.543. The van der Waals surface area contributed by atoms with Crippen LogP contribution in [0.5, 0.6) is 0 Å². The van der Waals surface area contributed by atoms with Gasteiger partial charge in [0.05, 0.1) is 22.1 Å². The summed E-state index contributed by atoms with van der Waals surface area (Å²) in [5.41, 5.74) is 4.24. The summed E-state index contributed by atoms with van der Waals surface area (Å²) in [6, 6.07) is 5.93. The molecule has 0 saturated carbocycles. The summed E-state index contributed by atoms with van der Waals surface area (Å²) in [7, 11) is 0. The third-order valence-corrected chi connectivity index (χ3v) is 4.59. The van der Waals surface area contributed by atoms with E-state index in [9.17, 15) is 4.79 Å². The van der Waals surface area contributed by atoms with Crippen LogP contribution in [0.2, 0.25) is 0 Å². The lowest BCUT2D eigenvalue weighted by molar-refractivity contribution is -0.115. The first kappa shape index (κ1) is 15.5. The normalized spacial score (nSPS) is 17.4. The molecule has 7 nitrogen and oxygen atoms in total. The average Bonchev–Trinajstić information content (AvgIpc) is 3.33. The largest absolute Gasteiger partial charge is 0.337 e. The molecule has 1 aliphatic heterocycles. The number of guanidine groups is 1. The molecule has 0 bridgehead atoms. The summed E-state index contributed by atoms with van der Waals surface area (Å²) in [5, 5.41) is 5.80. The number of amides is 1. The summed E-state index contributed by atoms with van der Waals surface area (Å²) in [6.07, 6.45) is 8.15. The molecule has 3 heterocycles. The minimum atomic E-state index is -0.169. The molecule has 4 rings (SSSR count). The molecule has 0 unspecified atom stereocenters. The Kier molecular flexibility index (Phi) is 4.26. The van der Waals surface area contributed by atoms with E-state index in [4.69, 9.17) is 0 Å². The number of aromatic nitrogens is 3. The number of carbonyl (C=O) groups excluding carboxylic acids is 1. The fraction of sp³-hybridized carbons (Fsp3) is 0.176. The number of aliphatic imine (C=N–C) groups is 1. The van der Waals surface area contributed by atoms with Crippen LogP contribution in [0.3, 0.4) is 0 Å². The Balaban J connectivity index is 1.39. The van der Waals surface area contributed by atoms with Crippen molar-refractivity contribution in [1.29, 1.82) is 0 Å². The molecule has 1 fully saturated rings. The van der Waals surface area contributed by atoms with E-state index in [0.29, 0.717) is 18.2 Å². The number of fused-ring (bicyclic) bond motifs is 1. The van der Waals surface area contributed by atoms with Crippen molar-refractivity contribution >= 4 is 39.5 Å². The first-order valence-electron chi connectivity index (χ1n) is 7.91. The lowest BCUT2D eigenvalue weighted by Crippen LogP contribution is -2.25. The fourth-order valence-corrected chi connectivity index (χ4v) is 3.29. The molecule has 126 valence electrons. The molecule has 1 aromatic carbocycles. The second kappa shape index (κ2) is 6.86. The molecular formula is C17H16N6OS. The lowest BCUT2D eigenvalue weighted by Gasteiger charge is -2.00. The van der Waals surface area contributed by atoms with Gasteiger partial charge >= 0.3 is 0 Å². The average molecular weight is 352 g/mol. The molecule has 3 aromatic rings. The number of imidazole rings is 1. The van der Waals surface area contributed by atoms with Crippen molar-refractivity contribution in [2.75, 3.05) is 6.54 Å². The molecule has 0 atom stereocenters. The predicted molar refractivity (Wildman–Crippen MR) is 98.0 cm³/mol. The van der Waals surface area contributed by atoms with Crippen molar-refractivity contribution in [1.82, 2.24) is 25.2 Å². The number of hydrogen-bond donors (Lipinski definition) is 2. The monoisotopic (exact) mass is 352 g/mol. The van der Waals surface area contributed by atoms with E-state index in [1.807, 2.05) is 40.5 Å². The Morgan fingerprint density at radius 1 is 1.32 bits per heavy atom. The van der Waals surface area contributed by atoms with Gasteiger partial charge in [-0.05, 0) is 30.2 Å². The summed E-state index contributed by atoms with van der Waals surface area (Å²) < 4.78 is 3.10. The van der Waals surface area contributed by atoms with Crippen molar-refractivity contribution in [3.63, 3.8) is 0 Å². The Hall–Kier alpha value is -3.00. The van der Waals surface area contributed by atoms with E-state index in [1.165, 1.54) is 0 Å². The van der Waals surface area contributed by atoms with Crippen molar-refractivity contribution in [2.24, 2.45) is 4.99 Å². The van der Waals surface area contributed by atoms with Crippen LogP contribution in [0, 0.1) is 0 Å². The van der Waals surface area contributed by atoms with Crippen LogP contribution in [-0.4, -0.2) is 32.9 Å². The standard InChI is InChI=1S/C17H16N6OS/c24-16-14(8-12-2-3-13-15(9-12)25-11-20-13)21-17(22-16)19-4-1-6-23-7-5-18-10-23/h2-3,5,7-11H,1,4,6H2,(H2,19,21,22,24)/b14-8-. The number of nitrogens with one attached hydrogen (secondary N) is 2. The third kappa shape index (κ3) is 3.58. The molecule has 0 radical (unpaired) electrons. The molecule has 2 N–H and O–H groups in total. The maximum absolute atomic E-state index is 12.1. The summed E-state index contributed by atoms with van der Waals surface area (Å²) in [5.74, 6) is 0.332. The highest BCUT2D eigenvalue weighted by Gasteiger charge is 2.21. The fourth-order valence-electron chi connectivity index (χ4n) is 2.56. The van der Waals surface area contributed by atoms with E-state index >= 15 is 0 Å². The van der Waals surface area contributed by atoms with Crippen molar-refractivity contribution in [2.45, 2.75) is 13.0 Å². The van der Waals surface area contributed by atoms with Crippen LogP contribution in [-0.2, 0) is 11.3 Å². The molecule has 1 amide bonds. The predicted octanol–water partition coefficient (Wildman–Crippen LogP) is 2.00. The zero-order valence-electron chi connectivity index (χ0n) is 13.3. The van der Waals surface area contributed by atoms with Gasteiger partial charge in [0.15, 0.2) is 0 Å². The molecule has 1 aliphatic rings. The molecule has 0 aliphatic carbocycles. The zero-order chi connectivity index (χ0) is 17.1. The van der Waals surface area contributed by atoms with Crippen molar-refractivity contribution in [3.05, 3.63) is 53.7 Å². The number of rotatable bonds is 5. The molecule has 1 saturated heterocycles. The first-order valence-corrected chi connectivity index (χ1v) is 8.79. The summed E-state index contributed by atoms with van der Waals surface area (Å²) in [6.45, 7) is 1.48. The second-order valence-corrected chi connectivity index (χ2v) is 6.49. The van der Waals surface area contributed by atoms with Gasteiger partial charge in [-0.25, -0.2) is 9.97 Å². The van der Waals surface area contributed by atoms with Crippen molar-refractivity contribution in [3.8, 4) is 0 Å². The van der Waals surface area contributed by atoms with Crippen LogP contribution in [0.4, 0.5) is 0 Å². The smallest absolute Gasteiger partial charge is 0.274 e. The first-order chi connectivity index (χ1) is 12.3. The highest BCUT2D eigenvalue weighted by molar-refractivity contribution is 7.16. The van der Waals surface area contributed by atoms with Gasteiger partial charge in [0, 0.05) is 25.5 Å². The maximum atomic E-state index is 12.1. The van der Waals surface area contributed by atoms with Crippen LogP contribution >= 0.6 is 11.3 Å². The van der Waals surface area contributed by atoms with Gasteiger partial charge in [0.1, 0.15) is 5.70 Å². The van der Waals surface area contributed by atoms with Crippen LogP contribution < -0.4 is 10.6 Å². The van der Waals surface area contributed by atoms with E-state index in [1.54, 1.807) is 23.9 Å². The minimum absolute atomic E-state index is 0.169. The number of carbonyl (C=O) groups is 1. The Morgan fingerprint density at radius 2 is 2.28 bits per heavy atom. The zero-order valence-corrected chi connectivity index (χ0v) is 14.2. The number of nitrogens with zero attached hydrogens (tertiary/aromatic N) is 4. The third-order valence-electron chi connectivity index (χ3n) is 3.80. The van der Waals surface area contributed by atoms with Crippen LogP contribution in [0.1, 0.15) is 12.0 Å². The lowest BCUT2D eigenvalue weighted by atomic mass is 10.2. The van der Waals surface area contributed by atoms with Gasteiger partial charge in [-0.3, -0.25) is 15.1 Å². The van der Waals surface area contributed by atoms with Crippen LogP contribution in [0.25, 0.3) is 16.3 Å². The van der Waals surface area contributed by atoms with E-state index < -0.39 is 0 Å². The van der Waals surface area contributed by atoms with E-state index in [0.717, 1.165) is 28.7 Å². The van der Waals surface area contributed by atoms with E-state index in [2.05, 4.69) is 25.6 Å². The molecule has 8 heteroatoms. The van der Waals surface area contributed by atoms with Gasteiger partial charge in [0.2, 0.25) is 5.96 Å². The van der Waals surface area contributed by atoms with Gasteiger partial charge < -0.3 is 9.88 Å². The summed E-state index contributed by atoms with van der Waals surface area (Å²) >= 11 is 1.58. The topological polar surface area (TPSA) is 84.2 Å². The minimum Gasteiger partial charge on any atom is -0.337 e. The molecule has 25 heavy (non-hydrogen) atoms. The second-order valence-electron chi connectivity index (χ2n) is 5.60. The summed E-state index contributed by atoms with van der Waals surface area (Å²) in [4.78, 5) is 24.7. The Labute approximate surface area is 148 Å². The number of thiazole rings is 1. The van der Waals surface area contributed by atoms with Crippen molar-refractivity contribution < 1.29 is 4.79 Å². The molecular weight excluding hydrogens is 336 g/mol.